The highest BCUT2D eigenvalue weighted by Crippen LogP contribution is 2.31. The van der Waals surface area contributed by atoms with E-state index in [1.807, 2.05) is 18.4 Å². The summed E-state index contributed by atoms with van der Waals surface area (Å²) in [5.74, 6) is -0.781. The third-order valence-corrected chi connectivity index (χ3v) is 4.13. The lowest BCUT2D eigenvalue weighted by atomic mass is 10.0. The van der Waals surface area contributed by atoms with E-state index >= 15 is 0 Å². The van der Waals surface area contributed by atoms with Crippen LogP contribution < -0.4 is 5.32 Å². The van der Waals surface area contributed by atoms with Crippen molar-refractivity contribution in [2.24, 2.45) is 0 Å². The average molecular weight is 281 g/mol. The number of hydrogen-bond acceptors (Lipinski definition) is 2. The molecule has 2 rings (SSSR count). The zero-order chi connectivity index (χ0) is 13.8. The Morgan fingerprint density at radius 3 is 2.68 bits per heavy atom. The van der Waals surface area contributed by atoms with E-state index < -0.39 is 5.82 Å². The monoisotopic (exact) mass is 281 g/mol. The summed E-state index contributed by atoms with van der Waals surface area (Å²) in [6, 6.07) is 5.38. The van der Waals surface area contributed by atoms with Gasteiger partial charge in [0.05, 0.1) is 6.04 Å². The van der Waals surface area contributed by atoms with Crippen LogP contribution in [0.5, 0.6) is 0 Å². The van der Waals surface area contributed by atoms with Gasteiger partial charge in [-0.3, -0.25) is 0 Å². The summed E-state index contributed by atoms with van der Waals surface area (Å²) in [7, 11) is 0. The summed E-state index contributed by atoms with van der Waals surface area (Å²) in [5, 5.41) is 5.24. The maximum atomic E-state index is 14.0. The first kappa shape index (κ1) is 14.2. The summed E-state index contributed by atoms with van der Waals surface area (Å²) < 4.78 is 27.3. The fraction of sp³-hybridized carbons (Fsp3) is 0.333. The number of benzene rings is 1. The van der Waals surface area contributed by atoms with Gasteiger partial charge in [0.2, 0.25) is 0 Å². The normalized spacial score (nSPS) is 12.6. The number of hydrogen-bond donors (Lipinski definition) is 1. The van der Waals surface area contributed by atoms with Crippen molar-refractivity contribution in [3.8, 4) is 0 Å². The Morgan fingerprint density at radius 2 is 2.00 bits per heavy atom. The van der Waals surface area contributed by atoms with Crippen LogP contribution in [0.15, 0.2) is 29.6 Å². The van der Waals surface area contributed by atoms with E-state index in [-0.39, 0.29) is 11.9 Å². The molecule has 0 fully saturated rings. The van der Waals surface area contributed by atoms with Gasteiger partial charge >= 0.3 is 0 Å². The van der Waals surface area contributed by atoms with Gasteiger partial charge < -0.3 is 5.32 Å². The third-order valence-electron chi connectivity index (χ3n) is 3.10. The SMILES string of the molecule is CCNC(c1cc(F)ccc1F)c1sccc1CC. The Bertz CT molecular complexity index is 551. The minimum absolute atomic E-state index is 0.282. The molecule has 0 saturated carbocycles. The second-order valence-corrected chi connectivity index (χ2v) is 5.27. The molecule has 0 bridgehead atoms. The molecular formula is C15H17F2NS. The second kappa shape index (κ2) is 6.26. The van der Waals surface area contributed by atoms with Crippen LogP contribution in [0, 0.1) is 11.6 Å². The highest BCUT2D eigenvalue weighted by molar-refractivity contribution is 7.10. The number of thiophene rings is 1. The molecule has 2 aromatic rings. The minimum atomic E-state index is -0.408. The van der Waals surface area contributed by atoms with Crippen molar-refractivity contribution in [2.75, 3.05) is 6.54 Å². The van der Waals surface area contributed by atoms with Crippen molar-refractivity contribution >= 4 is 11.3 Å². The molecule has 1 aromatic heterocycles. The zero-order valence-electron chi connectivity index (χ0n) is 11.0. The van der Waals surface area contributed by atoms with Crippen molar-refractivity contribution in [3.63, 3.8) is 0 Å². The second-order valence-electron chi connectivity index (χ2n) is 4.32. The molecular weight excluding hydrogens is 264 g/mol. The fourth-order valence-electron chi connectivity index (χ4n) is 2.18. The molecule has 1 N–H and O–H groups in total. The Hall–Kier alpha value is -1.26. The lowest BCUT2D eigenvalue weighted by Crippen LogP contribution is -2.23. The molecule has 1 nitrogen and oxygen atoms in total. The largest absolute Gasteiger partial charge is 0.306 e. The lowest BCUT2D eigenvalue weighted by Gasteiger charge is -2.19. The molecule has 0 spiro atoms. The van der Waals surface area contributed by atoms with Gasteiger partial charge in [-0.15, -0.1) is 11.3 Å². The highest BCUT2D eigenvalue weighted by atomic mass is 32.1. The molecule has 0 amide bonds. The van der Waals surface area contributed by atoms with E-state index in [0.717, 1.165) is 17.4 Å². The zero-order valence-corrected chi connectivity index (χ0v) is 11.9. The smallest absolute Gasteiger partial charge is 0.128 e. The predicted octanol–water partition coefficient (Wildman–Crippen LogP) is 4.29. The Morgan fingerprint density at radius 1 is 1.21 bits per heavy atom. The first-order chi connectivity index (χ1) is 9.17. The summed E-state index contributed by atoms with van der Waals surface area (Å²) in [6.45, 7) is 4.72. The van der Waals surface area contributed by atoms with E-state index in [1.165, 1.54) is 17.7 Å². The van der Waals surface area contributed by atoms with Crippen LogP contribution >= 0.6 is 11.3 Å². The van der Waals surface area contributed by atoms with Crippen molar-refractivity contribution in [2.45, 2.75) is 26.3 Å². The van der Waals surface area contributed by atoms with Gasteiger partial charge in [0.25, 0.3) is 0 Å². The quantitative estimate of drug-likeness (QED) is 0.862. The van der Waals surface area contributed by atoms with Crippen LogP contribution in [0.3, 0.4) is 0 Å². The van der Waals surface area contributed by atoms with Gasteiger partial charge in [-0.25, -0.2) is 8.78 Å². The molecule has 1 heterocycles. The van der Waals surface area contributed by atoms with Crippen molar-refractivity contribution in [1.29, 1.82) is 0 Å². The van der Waals surface area contributed by atoms with E-state index in [0.29, 0.717) is 12.1 Å². The third kappa shape index (κ3) is 3.01. The standard InChI is InChI=1S/C15H17F2NS/c1-3-10-7-8-19-15(10)14(18-4-2)12-9-11(16)5-6-13(12)17/h5-9,14,18H,3-4H2,1-2H3. The maximum absolute atomic E-state index is 14.0. The predicted molar refractivity (Wildman–Crippen MR) is 75.6 cm³/mol. The number of nitrogens with one attached hydrogen (secondary N) is 1. The van der Waals surface area contributed by atoms with Gasteiger partial charge in [-0.2, -0.15) is 0 Å². The summed E-state index contributed by atoms with van der Waals surface area (Å²) in [4.78, 5) is 1.06. The summed E-state index contributed by atoms with van der Waals surface area (Å²) >= 11 is 1.58. The van der Waals surface area contributed by atoms with Crippen molar-refractivity contribution < 1.29 is 8.78 Å². The molecule has 4 heteroatoms. The van der Waals surface area contributed by atoms with Crippen LogP contribution in [0.1, 0.15) is 35.9 Å². The van der Waals surface area contributed by atoms with Gasteiger partial charge in [-0.1, -0.05) is 13.8 Å². The van der Waals surface area contributed by atoms with Crippen molar-refractivity contribution in [3.05, 3.63) is 57.3 Å². The molecule has 0 radical (unpaired) electrons. The highest BCUT2D eigenvalue weighted by Gasteiger charge is 2.21. The molecule has 0 aliphatic heterocycles. The van der Waals surface area contributed by atoms with Gasteiger partial charge in [0.15, 0.2) is 0 Å². The van der Waals surface area contributed by atoms with E-state index in [1.54, 1.807) is 11.3 Å². The summed E-state index contributed by atoms with van der Waals surface area (Å²) in [5.41, 5.74) is 1.55. The van der Waals surface area contributed by atoms with Crippen molar-refractivity contribution in [1.82, 2.24) is 5.32 Å². The van der Waals surface area contributed by atoms with E-state index in [2.05, 4.69) is 12.2 Å². The number of aryl methyl sites for hydroxylation is 1. The molecule has 1 aromatic carbocycles. The van der Waals surface area contributed by atoms with Gasteiger partial charge in [0, 0.05) is 10.4 Å². The Balaban J connectivity index is 2.48. The van der Waals surface area contributed by atoms with E-state index in [9.17, 15) is 8.78 Å². The molecule has 19 heavy (non-hydrogen) atoms. The van der Waals surface area contributed by atoms with E-state index in [4.69, 9.17) is 0 Å². The van der Waals surface area contributed by atoms with Crippen LogP contribution in [0.4, 0.5) is 8.78 Å². The van der Waals surface area contributed by atoms with Crippen LogP contribution in [-0.2, 0) is 6.42 Å². The minimum Gasteiger partial charge on any atom is -0.306 e. The van der Waals surface area contributed by atoms with Crippen LogP contribution in [-0.4, -0.2) is 6.54 Å². The summed E-state index contributed by atoms with van der Waals surface area (Å²) in [6.07, 6.45) is 0.887. The first-order valence-corrected chi connectivity index (χ1v) is 7.29. The topological polar surface area (TPSA) is 12.0 Å². The molecule has 0 saturated heterocycles. The molecule has 0 aliphatic carbocycles. The molecule has 1 atom stereocenters. The van der Waals surface area contributed by atoms with Gasteiger partial charge in [-0.05, 0) is 48.2 Å². The lowest BCUT2D eigenvalue weighted by molar-refractivity contribution is 0.547. The average Bonchev–Trinajstić information content (AvgIpc) is 2.87. The molecule has 1 unspecified atom stereocenters. The van der Waals surface area contributed by atoms with Gasteiger partial charge in [0.1, 0.15) is 11.6 Å². The number of rotatable bonds is 5. The fourth-order valence-corrected chi connectivity index (χ4v) is 3.27. The Labute approximate surface area is 116 Å². The van der Waals surface area contributed by atoms with Crippen LogP contribution in [0.25, 0.3) is 0 Å². The first-order valence-electron chi connectivity index (χ1n) is 6.42. The molecule has 102 valence electrons. The van der Waals surface area contributed by atoms with Crippen LogP contribution in [0.2, 0.25) is 0 Å². The maximum Gasteiger partial charge on any atom is 0.128 e. The molecule has 0 aliphatic rings. The Kier molecular flexibility index (Phi) is 4.66. The number of halogens is 2.